The van der Waals surface area contributed by atoms with Gasteiger partial charge in [0.2, 0.25) is 5.91 Å². The summed E-state index contributed by atoms with van der Waals surface area (Å²) >= 11 is 0. The molecular formula is C32H47N5O37S5. The van der Waals surface area contributed by atoms with E-state index in [1.54, 1.807) is 0 Å². The highest BCUT2D eigenvalue weighted by Gasteiger charge is 2.60. The molecule has 0 radical (unpaired) electrons. The van der Waals surface area contributed by atoms with Crippen molar-refractivity contribution >= 4 is 80.8 Å². The summed E-state index contributed by atoms with van der Waals surface area (Å²) in [6.07, 6.45) is -49.1. The molecule has 4 aliphatic rings. The van der Waals surface area contributed by atoms with Crippen molar-refractivity contribution in [2.45, 2.75) is 130 Å². The van der Waals surface area contributed by atoms with Gasteiger partial charge >= 0.3 is 63.8 Å². The van der Waals surface area contributed by atoms with Crippen LogP contribution in [-0.2, 0) is 116 Å². The normalized spacial score (nSPS) is 35.9. The SMILES string of the molecule is CC(=O)N[C@@H]1[C@@H](O)[C@H](O[C@@H]2O[C@H](C(=O)O)[C@@H](O[C@@H]3O[C@H](CO)[C@@H](O[C@H]4O[C@@H](C(=O)O)[C@H](O)[C@@H](O)[C@@H]4OS(=O)(=O)O)[C@H](OS(=O)(=O)O)[C@H]3NS(=O)(=O)O)[C@H](O)[C@H]2OS(=O)(=O)O)[C@H](COS(=O)(=O)O)O[C@H]1O.c1ccc2n[nH]nc2c1. The maximum Gasteiger partial charge on any atom is 0.397 e. The van der Waals surface area contributed by atoms with E-state index in [0.29, 0.717) is 0 Å². The Morgan fingerprint density at radius 2 is 1.05 bits per heavy atom. The first kappa shape index (κ1) is 65.7. The van der Waals surface area contributed by atoms with E-state index in [0.717, 1.165) is 18.0 Å². The van der Waals surface area contributed by atoms with E-state index >= 15 is 0 Å². The second-order valence-electron chi connectivity index (χ2n) is 16.4. The van der Waals surface area contributed by atoms with Crippen LogP contribution in [0.2, 0.25) is 0 Å². The van der Waals surface area contributed by atoms with Crippen molar-refractivity contribution in [2.24, 2.45) is 0 Å². The Bertz CT molecular complexity index is 3000. The zero-order valence-corrected chi connectivity index (χ0v) is 42.9. The summed E-state index contributed by atoms with van der Waals surface area (Å²) < 4.78 is 222. The van der Waals surface area contributed by atoms with Crippen LogP contribution in [-0.4, -0.2) is 275 Å². The van der Waals surface area contributed by atoms with Gasteiger partial charge in [0.25, 0.3) is 0 Å². The summed E-state index contributed by atoms with van der Waals surface area (Å²) in [7, 11) is -29.1. The number of H-pyrrole nitrogens is 1. The van der Waals surface area contributed by atoms with Gasteiger partial charge in [-0.25, -0.2) is 26.3 Å². The molecule has 6 rings (SSSR count). The number of nitrogens with one attached hydrogen (secondary N) is 3. The fourth-order valence-electron chi connectivity index (χ4n) is 7.84. The predicted octanol–water partition coefficient (Wildman–Crippen LogP) is -9.75. The lowest BCUT2D eigenvalue weighted by atomic mass is 9.94. The van der Waals surface area contributed by atoms with Gasteiger partial charge in [0.1, 0.15) is 84.2 Å². The number of rotatable bonds is 21. The third-order valence-corrected chi connectivity index (χ3v) is 13.3. The number of carbonyl (C=O) groups is 3. The average molecular weight is 1250 g/mol. The van der Waals surface area contributed by atoms with Crippen molar-refractivity contribution in [1.29, 1.82) is 0 Å². The van der Waals surface area contributed by atoms with Crippen LogP contribution in [0.15, 0.2) is 24.3 Å². The Kier molecular flexibility index (Phi) is 21.6. The van der Waals surface area contributed by atoms with Crippen molar-refractivity contribution in [2.75, 3.05) is 13.2 Å². The number of aromatic amines is 1. The number of hydrogen-bond acceptors (Lipinski definition) is 32. The number of fused-ring (bicyclic) bond motifs is 1. The molecule has 0 spiro atoms. The Labute approximate surface area is 441 Å². The van der Waals surface area contributed by atoms with Crippen LogP contribution >= 0.6 is 0 Å². The second kappa shape index (κ2) is 26.0. The standard InChI is InChI=1S/C26H42N2O37S5.C6H5N3/c1-4(30)27-7-9(31)13(6(56-23(7)39)3-55-67(43,44)45)58-26-19(65-70(52,53)54)12(34)16(20(62-26)22(37)38)60-24-8(28-66(40,41)42)15(63-68(46,47)48)14(5(2-29)57-24)59-25-18(64-69(49,50)51)11(33)10(32)17(61-25)21(35)36;1-2-4-6-5(3-1)7-9-8-6/h5-20,23-26,28-29,31-34,39H,2-3H2,1H3,(H,27,30)(H,35,36)(H,37,38)(H,40,41,42)(H,43,44,45)(H,46,47,48)(H,49,50,51)(H,52,53,54);1-4H,(H,7,8,9)/t5-,6+,7-,8-,9-,10-,11-,12+,13-,14-,15-,16+,17-,18+,19-,20+,23-,24+,25+,26-;/m1./s1. The molecule has 2 aromatic rings. The third-order valence-electron chi connectivity index (χ3n) is 10.9. The monoisotopic (exact) mass is 1250 g/mol. The molecule has 4 fully saturated rings. The second-order valence-corrected chi connectivity index (χ2v) is 21.8. The maximum absolute atomic E-state index is 12.7. The molecule has 452 valence electrons. The summed E-state index contributed by atoms with van der Waals surface area (Å²) in [4.78, 5) is 36.4. The first-order valence-corrected chi connectivity index (χ1v) is 28.1. The molecule has 0 unspecified atom stereocenters. The molecule has 1 aromatic carbocycles. The van der Waals surface area contributed by atoms with Crippen LogP contribution in [0, 0.1) is 0 Å². The number of carbonyl (C=O) groups excluding carboxylic acids is 1. The number of para-hydroxylation sites is 2. The van der Waals surface area contributed by atoms with Crippen LogP contribution < -0.4 is 10.0 Å². The number of aliphatic hydroxyl groups excluding tert-OH is 6. The Morgan fingerprint density at radius 3 is 1.52 bits per heavy atom. The van der Waals surface area contributed by atoms with Crippen LogP contribution in [0.3, 0.4) is 0 Å². The lowest BCUT2D eigenvalue weighted by Crippen LogP contribution is -2.71. The van der Waals surface area contributed by atoms with Gasteiger partial charge in [-0.1, -0.05) is 12.1 Å². The topological polar surface area (TPSA) is 652 Å². The van der Waals surface area contributed by atoms with E-state index < -0.39 is 206 Å². The Hall–Kier alpha value is -4.14. The zero-order chi connectivity index (χ0) is 59.5. The molecule has 1 amide bonds. The van der Waals surface area contributed by atoms with Gasteiger partial charge in [-0.15, -0.1) is 0 Å². The van der Waals surface area contributed by atoms with Crippen LogP contribution in [0.4, 0.5) is 0 Å². The molecule has 20 atom stereocenters. The van der Waals surface area contributed by atoms with Gasteiger partial charge in [-0.05, 0) is 12.1 Å². The van der Waals surface area contributed by atoms with Gasteiger partial charge in [-0.3, -0.25) is 27.6 Å². The van der Waals surface area contributed by atoms with Crippen molar-refractivity contribution in [1.82, 2.24) is 25.4 Å². The van der Waals surface area contributed by atoms with E-state index in [9.17, 15) is 116 Å². The Balaban J connectivity index is 0.00000114. The molecule has 47 heteroatoms. The van der Waals surface area contributed by atoms with Crippen molar-refractivity contribution in [3.8, 4) is 0 Å². The highest BCUT2D eigenvalue weighted by molar-refractivity contribution is 7.83. The number of aliphatic hydroxyl groups is 6. The van der Waals surface area contributed by atoms with Gasteiger partial charge in [-0.2, -0.15) is 62.2 Å². The molecule has 0 saturated carbocycles. The number of carboxylic acids is 2. The van der Waals surface area contributed by atoms with Gasteiger partial charge in [0.05, 0.1) is 13.2 Å². The van der Waals surface area contributed by atoms with Gasteiger partial charge in [0, 0.05) is 6.92 Å². The summed E-state index contributed by atoms with van der Waals surface area (Å²) in [5.41, 5.74) is 1.83. The van der Waals surface area contributed by atoms with Gasteiger partial charge < -0.3 is 79.3 Å². The average Bonchev–Trinajstić information content (AvgIpc) is 3.82. The number of aromatic nitrogens is 3. The van der Waals surface area contributed by atoms with Crippen molar-refractivity contribution in [3.63, 3.8) is 0 Å². The fraction of sp³-hybridized carbons (Fsp3) is 0.719. The van der Waals surface area contributed by atoms with Crippen molar-refractivity contribution < 1.29 is 170 Å². The molecule has 42 nitrogen and oxygen atoms in total. The summed E-state index contributed by atoms with van der Waals surface area (Å²) in [5, 5.41) is 96.3. The number of carboxylic acid groups (broad SMARTS) is 2. The lowest BCUT2D eigenvalue weighted by molar-refractivity contribution is -0.366. The number of amides is 1. The minimum absolute atomic E-state index is 0.840. The molecular weight excluding hydrogens is 1210 g/mol. The fourth-order valence-corrected chi connectivity index (χ4v) is 10.2. The van der Waals surface area contributed by atoms with E-state index in [-0.39, 0.29) is 0 Å². The first-order chi connectivity index (χ1) is 36.3. The van der Waals surface area contributed by atoms with E-state index in [1.807, 2.05) is 29.6 Å². The molecule has 1 aromatic heterocycles. The number of ether oxygens (including phenoxy) is 7. The largest absolute Gasteiger partial charge is 0.479 e. The number of benzene rings is 1. The lowest BCUT2D eigenvalue weighted by Gasteiger charge is -2.50. The number of aliphatic carboxylic acids is 2. The first-order valence-electron chi connectivity index (χ1n) is 21.2. The summed E-state index contributed by atoms with van der Waals surface area (Å²) in [5.74, 6) is -5.49. The van der Waals surface area contributed by atoms with Crippen LogP contribution in [0.1, 0.15) is 6.92 Å². The predicted molar refractivity (Wildman–Crippen MR) is 235 cm³/mol. The minimum atomic E-state index is -6.09. The number of hydrogen-bond donors (Lipinski definition) is 16. The molecule has 0 aliphatic carbocycles. The van der Waals surface area contributed by atoms with E-state index in [2.05, 4.69) is 32.1 Å². The Morgan fingerprint density at radius 1 is 0.570 bits per heavy atom. The van der Waals surface area contributed by atoms with Gasteiger partial charge in [0.15, 0.2) is 49.6 Å². The third kappa shape index (κ3) is 18.2. The molecule has 5 heterocycles. The highest BCUT2D eigenvalue weighted by atomic mass is 32.3. The highest BCUT2D eigenvalue weighted by Crippen LogP contribution is 2.37. The minimum Gasteiger partial charge on any atom is -0.479 e. The number of nitrogens with zero attached hydrogens (tertiary/aromatic N) is 2. The van der Waals surface area contributed by atoms with E-state index in [4.69, 9.17) is 37.7 Å². The molecule has 4 saturated heterocycles. The quantitative estimate of drug-likeness (QED) is 0.0516. The molecule has 4 aliphatic heterocycles. The van der Waals surface area contributed by atoms with E-state index in [1.165, 1.54) is 4.72 Å². The van der Waals surface area contributed by atoms with Crippen LogP contribution in [0.25, 0.3) is 11.0 Å². The zero-order valence-electron chi connectivity index (χ0n) is 38.8. The smallest absolute Gasteiger partial charge is 0.397 e. The maximum atomic E-state index is 12.7. The van der Waals surface area contributed by atoms with Crippen molar-refractivity contribution in [3.05, 3.63) is 24.3 Å². The molecule has 0 bridgehead atoms. The molecule has 79 heavy (non-hydrogen) atoms. The molecule has 16 N–H and O–H groups in total. The van der Waals surface area contributed by atoms with Crippen LogP contribution in [0.5, 0.6) is 0 Å². The summed E-state index contributed by atoms with van der Waals surface area (Å²) in [6, 6.07) is 2.74. The summed E-state index contributed by atoms with van der Waals surface area (Å²) in [6.45, 7) is -2.24.